The lowest BCUT2D eigenvalue weighted by Gasteiger charge is -1.77. The third-order valence-electron chi connectivity index (χ3n) is 0.125. The topological polar surface area (TPSA) is 59.3 Å². The molecular weight excluding hydrogens is 86.0 g/mol. The summed E-state index contributed by atoms with van der Waals surface area (Å²) in [5.41, 5.74) is 0. The molecule has 0 aromatic carbocycles. The van der Waals surface area contributed by atoms with E-state index in [-0.39, 0.29) is 6.47 Å². The highest BCUT2D eigenvalue weighted by Gasteiger charge is 1.68. The van der Waals surface area contributed by atoms with Gasteiger partial charge in [0.1, 0.15) is 0 Å². The molecule has 0 aliphatic rings. The summed E-state index contributed by atoms with van der Waals surface area (Å²) in [5.74, 6) is 0. The molecule has 0 aromatic heterocycles. The van der Waals surface area contributed by atoms with Crippen molar-refractivity contribution in [3.05, 3.63) is 0 Å². The van der Waals surface area contributed by atoms with Gasteiger partial charge in [-0.3, -0.25) is 4.79 Å². The Morgan fingerprint density at radius 1 is 1.83 bits per heavy atom. The van der Waals surface area contributed by atoms with Gasteiger partial charge in [0.05, 0.1) is 0 Å². The lowest BCUT2D eigenvalue weighted by Crippen LogP contribution is -1.79. The third kappa shape index (κ3) is 2.76. The highest BCUT2D eigenvalue weighted by molar-refractivity contribution is 5.35. The van der Waals surface area contributed by atoms with E-state index in [0.717, 1.165) is 6.26 Å². The zero-order valence-electron chi connectivity index (χ0n) is 2.75. The van der Waals surface area contributed by atoms with E-state index >= 15 is 0 Å². The molecule has 0 bridgehead atoms. The summed E-state index contributed by atoms with van der Waals surface area (Å²) < 4.78 is 0. The Hall–Kier alpha value is -1.24. The van der Waals surface area contributed by atoms with Crippen molar-refractivity contribution in [2.75, 3.05) is 0 Å². The second-order valence-corrected chi connectivity index (χ2v) is 0.367. The second-order valence-electron chi connectivity index (χ2n) is 0.367. The minimum absolute atomic E-state index is 0.0171. The average Bonchev–Trinajstić information content (AvgIpc) is 1.61. The van der Waals surface area contributed by atoms with Gasteiger partial charge in [-0.1, -0.05) is 0 Å². The molecule has 32 valence electrons. The molecule has 4 heteroatoms. The van der Waals surface area contributed by atoms with Crippen LogP contribution in [0.3, 0.4) is 0 Å². The fourth-order valence-electron chi connectivity index (χ4n) is 0.0412. The van der Waals surface area contributed by atoms with Crippen molar-refractivity contribution in [3.8, 4) is 6.26 Å². The Labute approximate surface area is 33.8 Å². The first kappa shape index (κ1) is 4.76. The summed E-state index contributed by atoms with van der Waals surface area (Å²) in [6.45, 7) is 0.0171. The van der Waals surface area contributed by atoms with Crippen molar-refractivity contribution in [2.45, 2.75) is 0 Å². The van der Waals surface area contributed by atoms with E-state index < -0.39 is 0 Å². The van der Waals surface area contributed by atoms with E-state index in [2.05, 4.69) is 9.78 Å². The number of hydrogen-bond donors (Lipinski definition) is 0. The first-order chi connectivity index (χ1) is 2.91. The van der Waals surface area contributed by atoms with E-state index in [1.807, 2.05) is 0 Å². The van der Waals surface area contributed by atoms with Crippen molar-refractivity contribution in [1.82, 2.24) is 0 Å². The Bertz CT molecular complexity index is 73.4. The molecule has 4 nitrogen and oxygen atoms in total. The number of nitriles is 1. The van der Waals surface area contributed by atoms with Gasteiger partial charge in [-0.25, -0.2) is 9.78 Å². The van der Waals surface area contributed by atoms with Crippen LogP contribution in [0.4, 0.5) is 0 Å². The molecule has 0 heterocycles. The average molecular weight is 87.0 g/mol. The summed E-state index contributed by atoms with van der Waals surface area (Å²) >= 11 is 0. The quantitative estimate of drug-likeness (QED) is 0.151. The van der Waals surface area contributed by atoms with Crippen LogP contribution < -0.4 is 0 Å². The predicted octanol–water partition coefficient (Wildman–Crippen LogP) is -0.428. The molecule has 0 aliphatic heterocycles. The number of nitrogens with zero attached hydrogens (tertiary/aromatic N) is 1. The van der Waals surface area contributed by atoms with Gasteiger partial charge in [0.15, 0.2) is 0 Å². The molecular formula is C2HNO3. The molecule has 0 saturated carbocycles. The maximum atomic E-state index is 9.07. The molecule has 0 aromatic rings. The molecule has 0 rings (SSSR count). The van der Waals surface area contributed by atoms with E-state index in [4.69, 9.17) is 10.1 Å². The van der Waals surface area contributed by atoms with Crippen molar-refractivity contribution >= 4 is 6.47 Å². The van der Waals surface area contributed by atoms with Gasteiger partial charge in [0.2, 0.25) is 0 Å². The van der Waals surface area contributed by atoms with Crippen LogP contribution in [0, 0.1) is 11.5 Å². The Morgan fingerprint density at radius 2 is 2.50 bits per heavy atom. The largest absolute Gasteiger partial charge is 0.345 e. The third-order valence-corrected chi connectivity index (χ3v) is 0.125. The number of hydrogen-bond acceptors (Lipinski definition) is 4. The summed E-state index contributed by atoms with van der Waals surface area (Å²) in [4.78, 5) is 15.9. The second kappa shape index (κ2) is 3.76. The minimum atomic E-state index is 0.0171. The molecule has 0 spiro atoms. The monoisotopic (exact) mass is 87.0 g/mol. The van der Waals surface area contributed by atoms with Gasteiger partial charge in [0.25, 0.3) is 0 Å². The van der Waals surface area contributed by atoms with Crippen LogP contribution in [-0.2, 0) is 14.6 Å². The van der Waals surface area contributed by atoms with Gasteiger partial charge in [-0.05, 0) is 0 Å². The first-order valence-corrected chi connectivity index (χ1v) is 1.07. The summed E-state index contributed by atoms with van der Waals surface area (Å²) in [7, 11) is 0. The van der Waals surface area contributed by atoms with Crippen LogP contribution in [0.5, 0.6) is 0 Å². The normalized spacial score (nSPS) is 5.17. The van der Waals surface area contributed by atoms with Gasteiger partial charge in [0, 0.05) is 0 Å². The Morgan fingerprint density at radius 3 is 2.67 bits per heavy atom. The molecule has 0 aliphatic carbocycles. The molecule has 0 saturated heterocycles. The van der Waals surface area contributed by atoms with Gasteiger partial charge in [-0.2, -0.15) is 0 Å². The van der Waals surface area contributed by atoms with Crippen LogP contribution in [0.25, 0.3) is 0 Å². The zero-order valence-corrected chi connectivity index (χ0v) is 2.75. The Balaban J connectivity index is 2.72. The highest BCUT2D eigenvalue weighted by atomic mass is 17.2. The minimum Gasteiger partial charge on any atom is -0.251 e. The molecule has 0 amide bonds. The zero-order chi connectivity index (χ0) is 4.83. The molecule has 0 fully saturated rings. The summed E-state index contributed by atoms with van der Waals surface area (Å²) in [6.07, 6.45) is 1.12. The standard InChI is InChI=1S/C2HNO3/c3-1-5-6-2-4/h2H. The van der Waals surface area contributed by atoms with E-state index in [1.165, 1.54) is 0 Å². The number of carbonyl (C=O) groups excluding carboxylic acids is 1. The van der Waals surface area contributed by atoms with Crippen molar-refractivity contribution in [1.29, 1.82) is 5.26 Å². The van der Waals surface area contributed by atoms with E-state index in [9.17, 15) is 0 Å². The van der Waals surface area contributed by atoms with E-state index in [0.29, 0.717) is 0 Å². The van der Waals surface area contributed by atoms with Gasteiger partial charge >= 0.3 is 12.7 Å². The lowest BCUT2D eigenvalue weighted by atomic mass is 11.6. The number of rotatable bonds is 2. The fourth-order valence-corrected chi connectivity index (χ4v) is 0.0412. The molecule has 0 atom stereocenters. The fraction of sp³-hybridized carbons (Fsp3) is 0. The van der Waals surface area contributed by atoms with Gasteiger partial charge < -0.3 is 0 Å². The smallest absolute Gasteiger partial charge is 0.251 e. The lowest BCUT2D eigenvalue weighted by molar-refractivity contribution is -0.215. The van der Waals surface area contributed by atoms with Gasteiger partial charge in [-0.15, -0.1) is 5.26 Å². The molecule has 6 heavy (non-hydrogen) atoms. The van der Waals surface area contributed by atoms with Crippen LogP contribution in [0.1, 0.15) is 0 Å². The van der Waals surface area contributed by atoms with Crippen LogP contribution in [0.15, 0.2) is 0 Å². The molecule has 0 N–H and O–H groups in total. The summed E-state index contributed by atoms with van der Waals surface area (Å²) in [5, 5.41) is 7.44. The van der Waals surface area contributed by atoms with Crippen molar-refractivity contribution < 1.29 is 14.6 Å². The van der Waals surface area contributed by atoms with Crippen molar-refractivity contribution in [3.63, 3.8) is 0 Å². The Kier molecular flexibility index (Phi) is 2.98. The van der Waals surface area contributed by atoms with Crippen LogP contribution >= 0.6 is 0 Å². The first-order valence-electron chi connectivity index (χ1n) is 1.07. The highest BCUT2D eigenvalue weighted by Crippen LogP contribution is 1.61. The van der Waals surface area contributed by atoms with E-state index in [1.54, 1.807) is 0 Å². The van der Waals surface area contributed by atoms with Crippen LogP contribution in [-0.4, -0.2) is 6.47 Å². The summed E-state index contributed by atoms with van der Waals surface area (Å²) in [6, 6.07) is 0. The number of carbonyl (C=O) groups is 1. The maximum Gasteiger partial charge on any atom is 0.345 e. The van der Waals surface area contributed by atoms with Crippen LogP contribution in [0.2, 0.25) is 0 Å². The molecule has 0 unspecified atom stereocenters. The molecule has 0 radical (unpaired) electrons. The van der Waals surface area contributed by atoms with Crippen molar-refractivity contribution in [2.24, 2.45) is 0 Å². The predicted molar refractivity (Wildman–Crippen MR) is 13.8 cm³/mol. The maximum absolute atomic E-state index is 9.07. The SMILES string of the molecule is N#COOC=O.